The fraction of sp³-hybridized carbons (Fsp3) is 0.211. The van der Waals surface area contributed by atoms with E-state index in [1.54, 1.807) is 57.7 Å². The molecule has 0 amide bonds. The van der Waals surface area contributed by atoms with Crippen molar-refractivity contribution in [3.63, 3.8) is 0 Å². The second kappa shape index (κ2) is 8.74. The van der Waals surface area contributed by atoms with Gasteiger partial charge in [-0.05, 0) is 48.6 Å². The predicted octanol–water partition coefficient (Wildman–Crippen LogP) is 3.58. The molecule has 24 heavy (non-hydrogen) atoms. The Morgan fingerprint density at radius 2 is 1.67 bits per heavy atom. The molecule has 0 N–H and O–H groups in total. The number of benzene rings is 2. The molecule has 0 spiro atoms. The average molecular weight is 328 g/mol. The van der Waals surface area contributed by atoms with Crippen molar-refractivity contribution in [3.8, 4) is 17.2 Å². The third-order valence-corrected chi connectivity index (χ3v) is 3.34. The van der Waals surface area contributed by atoms with Gasteiger partial charge in [0.05, 0.1) is 14.2 Å². The Kier molecular flexibility index (Phi) is 6.40. The van der Waals surface area contributed by atoms with Crippen molar-refractivity contribution in [1.82, 2.24) is 0 Å². The average Bonchev–Trinajstić information content (AvgIpc) is 2.64. The molecule has 2 aromatic carbocycles. The molecule has 5 nitrogen and oxygen atoms in total. The van der Waals surface area contributed by atoms with Crippen LogP contribution in [0.3, 0.4) is 0 Å². The van der Waals surface area contributed by atoms with Crippen LogP contribution in [0.5, 0.6) is 17.2 Å². The van der Waals surface area contributed by atoms with Crippen LogP contribution in [0.2, 0.25) is 0 Å². The van der Waals surface area contributed by atoms with E-state index < -0.39 is 0 Å². The first kappa shape index (κ1) is 17.6. The summed E-state index contributed by atoms with van der Waals surface area (Å²) in [5.41, 5.74) is 1.37. The lowest BCUT2D eigenvalue weighted by atomic mass is 10.1. The number of ketones is 1. The van der Waals surface area contributed by atoms with Gasteiger partial charge in [0.2, 0.25) is 0 Å². The monoisotopic (exact) mass is 328 g/mol. The van der Waals surface area contributed by atoms with Crippen LogP contribution < -0.4 is 14.2 Å². The molecule has 0 atom stereocenters. The Hall–Kier alpha value is -2.79. The van der Waals surface area contributed by atoms with Crippen molar-refractivity contribution in [2.45, 2.75) is 0 Å². The summed E-state index contributed by atoms with van der Waals surface area (Å²) >= 11 is 0. The Bertz CT molecular complexity index is 704. The number of ether oxygens (including phenoxy) is 4. The van der Waals surface area contributed by atoms with E-state index in [4.69, 9.17) is 18.9 Å². The van der Waals surface area contributed by atoms with Crippen molar-refractivity contribution < 1.29 is 23.7 Å². The molecule has 0 fully saturated rings. The maximum atomic E-state index is 12.2. The van der Waals surface area contributed by atoms with Crippen LogP contribution in [0.25, 0.3) is 6.08 Å². The molecular formula is C19H20O5. The van der Waals surface area contributed by atoms with E-state index in [9.17, 15) is 4.79 Å². The van der Waals surface area contributed by atoms with Crippen molar-refractivity contribution >= 4 is 11.9 Å². The van der Waals surface area contributed by atoms with Crippen LogP contribution in [-0.4, -0.2) is 33.9 Å². The number of hydrogen-bond acceptors (Lipinski definition) is 5. The normalized spacial score (nSPS) is 10.6. The highest BCUT2D eigenvalue weighted by molar-refractivity contribution is 6.07. The predicted molar refractivity (Wildman–Crippen MR) is 91.9 cm³/mol. The first-order valence-corrected chi connectivity index (χ1v) is 7.34. The molecule has 0 heterocycles. The molecule has 126 valence electrons. The first-order valence-electron chi connectivity index (χ1n) is 7.34. The first-order chi connectivity index (χ1) is 11.7. The highest BCUT2D eigenvalue weighted by Gasteiger charge is 2.05. The van der Waals surface area contributed by atoms with E-state index in [1.807, 2.05) is 12.1 Å². The summed E-state index contributed by atoms with van der Waals surface area (Å²) < 4.78 is 20.6. The van der Waals surface area contributed by atoms with Gasteiger partial charge in [-0.15, -0.1) is 0 Å². The maximum Gasteiger partial charge on any atom is 0.188 e. The second-order valence-electron chi connectivity index (χ2n) is 4.88. The summed E-state index contributed by atoms with van der Waals surface area (Å²) in [5.74, 6) is 1.88. The van der Waals surface area contributed by atoms with Gasteiger partial charge in [-0.2, -0.15) is 0 Å². The van der Waals surface area contributed by atoms with Crippen molar-refractivity contribution in [2.24, 2.45) is 0 Å². The number of rotatable bonds is 8. The van der Waals surface area contributed by atoms with E-state index in [1.165, 1.54) is 6.08 Å². The molecule has 0 radical (unpaired) electrons. The number of carbonyl (C=O) groups excluding carboxylic acids is 1. The summed E-state index contributed by atoms with van der Waals surface area (Å²) in [6.45, 7) is 0.171. The standard InChI is InChI=1S/C19H20O5/c1-21-13-24-16-8-4-14(5-9-16)18(20)11-7-15-6-10-17(22-2)12-19(15)23-3/h4-12H,13H2,1-3H3. The summed E-state index contributed by atoms with van der Waals surface area (Å²) in [6.07, 6.45) is 3.23. The molecular weight excluding hydrogens is 308 g/mol. The van der Waals surface area contributed by atoms with Crippen LogP contribution in [0.4, 0.5) is 0 Å². The molecule has 0 aromatic heterocycles. The lowest BCUT2D eigenvalue weighted by Crippen LogP contribution is -1.99. The molecule has 2 aromatic rings. The zero-order valence-corrected chi connectivity index (χ0v) is 13.9. The smallest absolute Gasteiger partial charge is 0.188 e. The molecule has 0 saturated carbocycles. The lowest BCUT2D eigenvalue weighted by Gasteiger charge is -2.07. The Morgan fingerprint density at radius 1 is 0.958 bits per heavy atom. The molecule has 0 aliphatic carbocycles. The Labute approximate surface area is 141 Å². The zero-order chi connectivity index (χ0) is 17.4. The fourth-order valence-electron chi connectivity index (χ4n) is 2.06. The lowest BCUT2D eigenvalue weighted by molar-refractivity contribution is 0.0511. The molecule has 0 aliphatic rings. The topological polar surface area (TPSA) is 54.0 Å². The molecule has 0 aliphatic heterocycles. The molecule has 0 bridgehead atoms. The summed E-state index contributed by atoms with van der Waals surface area (Å²) in [4.78, 5) is 12.2. The van der Waals surface area contributed by atoms with Gasteiger partial charge in [0.15, 0.2) is 12.6 Å². The van der Waals surface area contributed by atoms with Crippen LogP contribution >= 0.6 is 0 Å². The number of methoxy groups -OCH3 is 3. The third-order valence-electron chi connectivity index (χ3n) is 3.34. The molecule has 2 rings (SSSR count). The summed E-state index contributed by atoms with van der Waals surface area (Å²) in [7, 11) is 4.72. The number of hydrogen-bond donors (Lipinski definition) is 0. The summed E-state index contributed by atoms with van der Waals surface area (Å²) in [6, 6.07) is 12.3. The SMILES string of the molecule is COCOc1ccc(C(=O)C=Cc2ccc(OC)cc2OC)cc1. The minimum absolute atomic E-state index is 0.105. The van der Waals surface area contributed by atoms with Gasteiger partial charge in [-0.25, -0.2) is 0 Å². The largest absolute Gasteiger partial charge is 0.497 e. The van der Waals surface area contributed by atoms with Crippen molar-refractivity contribution in [1.29, 1.82) is 0 Å². The molecule has 0 unspecified atom stereocenters. The van der Waals surface area contributed by atoms with Gasteiger partial charge < -0.3 is 18.9 Å². The highest BCUT2D eigenvalue weighted by atomic mass is 16.7. The number of carbonyl (C=O) groups is 1. The molecule has 5 heteroatoms. The Balaban J connectivity index is 2.10. The van der Waals surface area contributed by atoms with Gasteiger partial charge in [-0.3, -0.25) is 4.79 Å². The van der Waals surface area contributed by atoms with Gasteiger partial charge in [-0.1, -0.05) is 0 Å². The van der Waals surface area contributed by atoms with E-state index in [2.05, 4.69) is 0 Å². The quantitative estimate of drug-likeness (QED) is 0.421. The Morgan fingerprint density at radius 3 is 2.29 bits per heavy atom. The highest BCUT2D eigenvalue weighted by Crippen LogP contribution is 2.25. The van der Waals surface area contributed by atoms with E-state index >= 15 is 0 Å². The van der Waals surface area contributed by atoms with Gasteiger partial charge in [0.1, 0.15) is 17.2 Å². The van der Waals surface area contributed by atoms with E-state index in [0.29, 0.717) is 22.8 Å². The zero-order valence-electron chi connectivity index (χ0n) is 13.9. The fourth-order valence-corrected chi connectivity index (χ4v) is 2.06. The molecule has 0 saturated heterocycles. The van der Waals surface area contributed by atoms with Crippen LogP contribution in [-0.2, 0) is 4.74 Å². The minimum atomic E-state index is -0.105. The van der Waals surface area contributed by atoms with Crippen molar-refractivity contribution in [2.75, 3.05) is 28.1 Å². The van der Waals surface area contributed by atoms with Crippen LogP contribution in [0, 0.1) is 0 Å². The minimum Gasteiger partial charge on any atom is -0.497 e. The van der Waals surface area contributed by atoms with Crippen molar-refractivity contribution in [3.05, 3.63) is 59.7 Å². The van der Waals surface area contributed by atoms with E-state index in [0.717, 1.165) is 5.56 Å². The van der Waals surface area contributed by atoms with E-state index in [-0.39, 0.29) is 12.6 Å². The second-order valence-corrected chi connectivity index (χ2v) is 4.88. The van der Waals surface area contributed by atoms with Gasteiger partial charge in [0.25, 0.3) is 0 Å². The summed E-state index contributed by atoms with van der Waals surface area (Å²) in [5, 5.41) is 0. The third kappa shape index (κ3) is 4.60. The van der Waals surface area contributed by atoms with Crippen LogP contribution in [0.15, 0.2) is 48.5 Å². The van der Waals surface area contributed by atoms with Gasteiger partial charge >= 0.3 is 0 Å². The van der Waals surface area contributed by atoms with Crippen LogP contribution in [0.1, 0.15) is 15.9 Å². The maximum absolute atomic E-state index is 12.2. The van der Waals surface area contributed by atoms with Gasteiger partial charge in [0, 0.05) is 24.3 Å². The number of allylic oxidation sites excluding steroid dienone is 1.